The van der Waals surface area contributed by atoms with Crippen molar-refractivity contribution in [2.75, 3.05) is 5.73 Å². The van der Waals surface area contributed by atoms with Crippen molar-refractivity contribution in [3.8, 4) is 11.3 Å². The Labute approximate surface area is 73.2 Å². The lowest BCUT2D eigenvalue weighted by molar-refractivity contribution is 0.567. The molecule has 2 aromatic rings. The van der Waals surface area contributed by atoms with E-state index < -0.39 is 5.82 Å². The van der Waals surface area contributed by atoms with Crippen molar-refractivity contribution in [3.05, 3.63) is 30.7 Å². The predicted octanol–water partition coefficient (Wildman–Crippen LogP) is 1.46. The van der Waals surface area contributed by atoms with E-state index in [-0.39, 0.29) is 11.5 Å². The van der Waals surface area contributed by atoms with Gasteiger partial charge in [-0.05, 0) is 6.07 Å². The molecule has 66 valence electrons. The number of hydrogen-bond acceptors (Lipinski definition) is 4. The Hall–Kier alpha value is -1.91. The molecule has 2 aromatic heterocycles. The van der Waals surface area contributed by atoms with Crippen LogP contribution in [-0.4, -0.2) is 9.97 Å². The second-order valence-electron chi connectivity index (χ2n) is 2.43. The van der Waals surface area contributed by atoms with Crippen LogP contribution in [0.25, 0.3) is 11.3 Å². The molecule has 0 aliphatic heterocycles. The van der Waals surface area contributed by atoms with Crippen LogP contribution in [0.4, 0.5) is 10.2 Å². The van der Waals surface area contributed by atoms with Crippen LogP contribution in [-0.2, 0) is 0 Å². The fourth-order valence-electron chi connectivity index (χ4n) is 0.984. The summed E-state index contributed by atoms with van der Waals surface area (Å²) >= 11 is 0. The molecule has 0 bridgehead atoms. The summed E-state index contributed by atoms with van der Waals surface area (Å²) in [6.07, 6.45) is 4.04. The second kappa shape index (κ2) is 2.85. The third-order valence-corrected chi connectivity index (χ3v) is 1.61. The molecule has 2 N–H and O–H groups in total. The van der Waals surface area contributed by atoms with Crippen molar-refractivity contribution in [2.45, 2.75) is 0 Å². The number of aromatic nitrogens is 2. The van der Waals surface area contributed by atoms with E-state index in [1.807, 2.05) is 0 Å². The van der Waals surface area contributed by atoms with Crippen LogP contribution in [0.3, 0.4) is 0 Å². The molecule has 0 saturated carbocycles. The first-order valence-corrected chi connectivity index (χ1v) is 3.57. The minimum atomic E-state index is -0.621. The van der Waals surface area contributed by atoms with E-state index in [9.17, 15) is 4.39 Å². The van der Waals surface area contributed by atoms with Gasteiger partial charge < -0.3 is 10.2 Å². The van der Waals surface area contributed by atoms with Crippen LogP contribution in [0.2, 0.25) is 0 Å². The van der Waals surface area contributed by atoms with E-state index in [0.29, 0.717) is 5.56 Å². The summed E-state index contributed by atoms with van der Waals surface area (Å²) in [4.78, 5) is 7.27. The quantitative estimate of drug-likeness (QED) is 0.719. The smallest absolute Gasteiger partial charge is 0.191 e. The van der Waals surface area contributed by atoms with Gasteiger partial charge in [-0.15, -0.1) is 0 Å². The van der Waals surface area contributed by atoms with Gasteiger partial charge in [0.05, 0.1) is 12.5 Å². The van der Waals surface area contributed by atoms with Gasteiger partial charge in [-0.25, -0.2) is 14.4 Å². The molecular weight excluding hydrogens is 173 g/mol. The van der Waals surface area contributed by atoms with Crippen molar-refractivity contribution >= 4 is 5.82 Å². The molecule has 0 aromatic carbocycles. The van der Waals surface area contributed by atoms with Gasteiger partial charge in [0, 0.05) is 5.56 Å². The lowest BCUT2D eigenvalue weighted by atomic mass is 10.2. The van der Waals surface area contributed by atoms with E-state index >= 15 is 0 Å². The van der Waals surface area contributed by atoms with Gasteiger partial charge in [0.1, 0.15) is 12.0 Å². The zero-order chi connectivity index (χ0) is 9.26. The van der Waals surface area contributed by atoms with Gasteiger partial charge in [-0.2, -0.15) is 0 Å². The summed E-state index contributed by atoms with van der Waals surface area (Å²) < 4.78 is 18.1. The number of nitrogens with zero attached hydrogens (tertiary/aromatic N) is 2. The molecule has 0 radical (unpaired) electrons. The summed E-state index contributed by atoms with van der Waals surface area (Å²) in [6.45, 7) is 0. The SMILES string of the molecule is Nc1ncnc(-c2ccoc2)c1F. The fraction of sp³-hybridized carbons (Fsp3) is 0. The van der Waals surface area contributed by atoms with Crippen LogP contribution in [0.1, 0.15) is 0 Å². The van der Waals surface area contributed by atoms with Crippen molar-refractivity contribution in [2.24, 2.45) is 0 Å². The van der Waals surface area contributed by atoms with Crippen LogP contribution in [0.5, 0.6) is 0 Å². The van der Waals surface area contributed by atoms with E-state index in [4.69, 9.17) is 10.2 Å². The molecule has 0 fully saturated rings. The van der Waals surface area contributed by atoms with E-state index in [2.05, 4.69) is 9.97 Å². The fourth-order valence-corrected chi connectivity index (χ4v) is 0.984. The van der Waals surface area contributed by atoms with Crippen molar-refractivity contribution in [3.63, 3.8) is 0 Å². The third kappa shape index (κ3) is 1.24. The van der Waals surface area contributed by atoms with Crippen molar-refractivity contribution in [1.29, 1.82) is 0 Å². The van der Waals surface area contributed by atoms with E-state index in [1.54, 1.807) is 6.07 Å². The Morgan fingerprint density at radius 3 is 2.92 bits per heavy atom. The zero-order valence-corrected chi connectivity index (χ0v) is 6.57. The molecule has 0 unspecified atom stereocenters. The Morgan fingerprint density at radius 1 is 1.38 bits per heavy atom. The zero-order valence-electron chi connectivity index (χ0n) is 6.57. The number of furan rings is 1. The van der Waals surface area contributed by atoms with Crippen LogP contribution >= 0.6 is 0 Å². The minimum absolute atomic E-state index is 0.154. The molecule has 0 spiro atoms. The van der Waals surface area contributed by atoms with E-state index in [1.165, 1.54) is 18.9 Å². The Balaban J connectivity index is 2.59. The Bertz CT molecular complexity index is 413. The van der Waals surface area contributed by atoms with Gasteiger partial charge in [-0.1, -0.05) is 0 Å². The number of nitrogens with two attached hydrogens (primary N) is 1. The lowest BCUT2D eigenvalue weighted by Crippen LogP contribution is -1.98. The maximum absolute atomic E-state index is 13.3. The highest BCUT2D eigenvalue weighted by Gasteiger charge is 2.10. The standard InChI is InChI=1S/C8H6FN3O/c9-6-7(5-1-2-13-3-5)11-4-12-8(6)10/h1-4H,(H2,10,11,12). The van der Waals surface area contributed by atoms with Crippen LogP contribution in [0.15, 0.2) is 29.3 Å². The van der Waals surface area contributed by atoms with Crippen LogP contribution in [0, 0.1) is 5.82 Å². The molecule has 13 heavy (non-hydrogen) atoms. The number of halogens is 1. The molecule has 4 nitrogen and oxygen atoms in total. The van der Waals surface area contributed by atoms with Crippen LogP contribution < -0.4 is 5.73 Å². The number of rotatable bonds is 1. The van der Waals surface area contributed by atoms with Crippen molar-refractivity contribution in [1.82, 2.24) is 9.97 Å². The van der Waals surface area contributed by atoms with Gasteiger partial charge >= 0.3 is 0 Å². The summed E-state index contributed by atoms with van der Waals surface area (Å²) in [5, 5.41) is 0. The summed E-state index contributed by atoms with van der Waals surface area (Å²) in [7, 11) is 0. The average Bonchev–Trinajstić information content (AvgIpc) is 2.62. The molecule has 0 aliphatic rings. The van der Waals surface area contributed by atoms with E-state index in [0.717, 1.165) is 0 Å². The summed E-state index contributed by atoms with van der Waals surface area (Å²) in [5.74, 6) is -0.782. The predicted molar refractivity (Wildman–Crippen MR) is 44.1 cm³/mol. The van der Waals surface area contributed by atoms with Gasteiger partial charge in [-0.3, -0.25) is 0 Å². The molecule has 0 aliphatic carbocycles. The number of anilines is 1. The lowest BCUT2D eigenvalue weighted by Gasteiger charge is -1.99. The first kappa shape index (κ1) is 7.72. The van der Waals surface area contributed by atoms with Gasteiger partial charge in [0.15, 0.2) is 11.6 Å². The summed E-state index contributed by atoms with van der Waals surface area (Å²) in [6, 6.07) is 1.60. The molecule has 5 heteroatoms. The Kier molecular flexibility index (Phi) is 1.70. The second-order valence-corrected chi connectivity index (χ2v) is 2.43. The molecule has 0 saturated heterocycles. The highest BCUT2D eigenvalue weighted by Crippen LogP contribution is 2.22. The normalized spacial score (nSPS) is 10.2. The minimum Gasteiger partial charge on any atom is -0.472 e. The summed E-state index contributed by atoms with van der Waals surface area (Å²) in [5.41, 5.74) is 5.97. The topological polar surface area (TPSA) is 64.9 Å². The third-order valence-electron chi connectivity index (χ3n) is 1.61. The molecular formula is C8H6FN3O. The van der Waals surface area contributed by atoms with Crippen molar-refractivity contribution < 1.29 is 8.81 Å². The largest absolute Gasteiger partial charge is 0.472 e. The maximum Gasteiger partial charge on any atom is 0.191 e. The highest BCUT2D eigenvalue weighted by molar-refractivity contribution is 5.60. The molecule has 2 heterocycles. The molecule has 0 amide bonds. The maximum atomic E-state index is 13.3. The molecule has 0 atom stereocenters. The highest BCUT2D eigenvalue weighted by atomic mass is 19.1. The number of hydrogen-bond donors (Lipinski definition) is 1. The molecule has 2 rings (SSSR count). The van der Waals surface area contributed by atoms with Gasteiger partial charge in [0.25, 0.3) is 0 Å². The number of nitrogen functional groups attached to an aromatic ring is 1. The first-order valence-electron chi connectivity index (χ1n) is 3.57. The van der Waals surface area contributed by atoms with Gasteiger partial charge in [0.2, 0.25) is 0 Å². The monoisotopic (exact) mass is 179 g/mol. The average molecular weight is 179 g/mol. The first-order chi connectivity index (χ1) is 6.29. The Morgan fingerprint density at radius 2 is 2.23 bits per heavy atom.